The van der Waals surface area contributed by atoms with Gasteiger partial charge in [-0.05, 0) is 32.9 Å². The zero-order valence-electron chi connectivity index (χ0n) is 11.0. The fraction of sp³-hybridized carbons (Fsp3) is 0.583. The van der Waals surface area contributed by atoms with Crippen molar-refractivity contribution in [2.45, 2.75) is 39.0 Å². The number of carbonyl (C=O) groups excluding carboxylic acids is 1. The minimum atomic E-state index is -4.40. The van der Waals surface area contributed by atoms with Crippen molar-refractivity contribution in [2.75, 3.05) is 6.54 Å². The van der Waals surface area contributed by atoms with Gasteiger partial charge < -0.3 is 9.73 Å². The first-order valence-corrected chi connectivity index (χ1v) is 5.86. The summed E-state index contributed by atoms with van der Waals surface area (Å²) in [6.07, 6.45) is -4.40. The maximum absolute atomic E-state index is 12.0. The molecule has 4 nitrogen and oxygen atoms in total. The van der Waals surface area contributed by atoms with Crippen LogP contribution in [0.3, 0.4) is 0 Å². The van der Waals surface area contributed by atoms with E-state index < -0.39 is 24.7 Å². The van der Waals surface area contributed by atoms with Gasteiger partial charge in [-0.1, -0.05) is 0 Å². The van der Waals surface area contributed by atoms with Crippen LogP contribution >= 0.6 is 0 Å². The standard InChI is InChI=1S/C12H17F3N2O2/c1-7-4-5-10(19-7)8(2)17-9(3)11(18)16-6-12(13,14)15/h4-5,8-9,17H,6H2,1-3H3,(H,16,18). The molecule has 108 valence electrons. The predicted molar refractivity (Wildman–Crippen MR) is 63.5 cm³/mol. The zero-order chi connectivity index (χ0) is 14.6. The second-order valence-corrected chi connectivity index (χ2v) is 4.39. The van der Waals surface area contributed by atoms with Crippen LogP contribution in [0.2, 0.25) is 0 Å². The molecule has 2 unspecified atom stereocenters. The summed E-state index contributed by atoms with van der Waals surface area (Å²) in [5.74, 6) is 0.665. The molecule has 0 aliphatic heterocycles. The van der Waals surface area contributed by atoms with Gasteiger partial charge in [-0.2, -0.15) is 13.2 Å². The van der Waals surface area contributed by atoms with Crippen molar-refractivity contribution in [1.29, 1.82) is 0 Å². The van der Waals surface area contributed by atoms with Crippen LogP contribution in [0.15, 0.2) is 16.5 Å². The number of alkyl halides is 3. The molecule has 0 bridgehead atoms. The van der Waals surface area contributed by atoms with Crippen LogP contribution in [0.5, 0.6) is 0 Å². The van der Waals surface area contributed by atoms with E-state index in [4.69, 9.17) is 4.42 Å². The van der Waals surface area contributed by atoms with E-state index in [1.807, 2.05) is 5.32 Å². The largest absolute Gasteiger partial charge is 0.465 e. The van der Waals surface area contributed by atoms with E-state index >= 15 is 0 Å². The monoisotopic (exact) mass is 278 g/mol. The van der Waals surface area contributed by atoms with Crippen LogP contribution in [0, 0.1) is 6.92 Å². The van der Waals surface area contributed by atoms with Crippen molar-refractivity contribution in [1.82, 2.24) is 10.6 Å². The lowest BCUT2D eigenvalue weighted by Crippen LogP contribution is -2.45. The van der Waals surface area contributed by atoms with Gasteiger partial charge in [0.05, 0.1) is 12.1 Å². The third kappa shape index (κ3) is 5.34. The summed E-state index contributed by atoms with van der Waals surface area (Å²) in [6.45, 7) is 3.73. The fourth-order valence-electron chi connectivity index (χ4n) is 1.56. The highest BCUT2D eigenvalue weighted by atomic mass is 19.4. The van der Waals surface area contributed by atoms with Gasteiger partial charge in [0, 0.05) is 0 Å². The molecule has 19 heavy (non-hydrogen) atoms. The topological polar surface area (TPSA) is 54.3 Å². The normalized spacial score (nSPS) is 15.1. The number of hydrogen-bond donors (Lipinski definition) is 2. The molecule has 0 aliphatic carbocycles. The lowest BCUT2D eigenvalue weighted by molar-refractivity contribution is -0.139. The summed E-state index contributed by atoms with van der Waals surface area (Å²) < 4.78 is 41.2. The average molecular weight is 278 g/mol. The van der Waals surface area contributed by atoms with Crippen molar-refractivity contribution in [3.63, 3.8) is 0 Å². The van der Waals surface area contributed by atoms with Gasteiger partial charge in [-0.15, -0.1) is 0 Å². The lowest BCUT2D eigenvalue weighted by atomic mass is 10.2. The molecule has 0 spiro atoms. The average Bonchev–Trinajstić information content (AvgIpc) is 2.71. The molecule has 1 heterocycles. The zero-order valence-corrected chi connectivity index (χ0v) is 11.0. The van der Waals surface area contributed by atoms with Crippen molar-refractivity contribution < 1.29 is 22.4 Å². The minimum Gasteiger partial charge on any atom is -0.465 e. The second kappa shape index (κ2) is 6.10. The van der Waals surface area contributed by atoms with Gasteiger partial charge in [-0.25, -0.2) is 0 Å². The first-order chi connectivity index (χ1) is 8.69. The number of rotatable bonds is 5. The molecule has 1 aromatic heterocycles. The summed E-state index contributed by atoms with van der Waals surface area (Å²) in [5, 5.41) is 4.70. The number of furan rings is 1. The van der Waals surface area contributed by atoms with Crippen LogP contribution < -0.4 is 10.6 Å². The molecule has 7 heteroatoms. The SMILES string of the molecule is Cc1ccc(C(C)NC(C)C(=O)NCC(F)(F)F)o1. The van der Waals surface area contributed by atoms with Gasteiger partial charge in [-0.3, -0.25) is 10.1 Å². The maximum atomic E-state index is 12.0. The molecule has 0 aromatic carbocycles. The molecule has 1 aromatic rings. The molecular weight excluding hydrogens is 261 g/mol. The predicted octanol–water partition coefficient (Wildman–Crippen LogP) is 2.31. The molecule has 0 saturated heterocycles. The third-order valence-corrected chi connectivity index (χ3v) is 2.54. The Hall–Kier alpha value is -1.50. The Morgan fingerprint density at radius 3 is 2.47 bits per heavy atom. The van der Waals surface area contributed by atoms with E-state index in [1.165, 1.54) is 6.92 Å². The molecule has 0 fully saturated rings. The number of hydrogen-bond acceptors (Lipinski definition) is 3. The highest BCUT2D eigenvalue weighted by Gasteiger charge is 2.29. The number of nitrogens with one attached hydrogen (secondary N) is 2. The third-order valence-electron chi connectivity index (χ3n) is 2.54. The highest BCUT2D eigenvalue weighted by Crippen LogP contribution is 2.16. The molecule has 2 N–H and O–H groups in total. The van der Waals surface area contributed by atoms with Crippen LogP contribution in [0.25, 0.3) is 0 Å². The summed E-state index contributed by atoms with van der Waals surface area (Å²) in [7, 11) is 0. The van der Waals surface area contributed by atoms with E-state index in [-0.39, 0.29) is 6.04 Å². The quantitative estimate of drug-likeness (QED) is 0.869. The van der Waals surface area contributed by atoms with Gasteiger partial charge in [0.1, 0.15) is 18.1 Å². The molecule has 0 aliphatic rings. The van der Waals surface area contributed by atoms with E-state index in [2.05, 4.69) is 5.32 Å². The van der Waals surface area contributed by atoms with Crippen LogP contribution in [0.1, 0.15) is 31.4 Å². The van der Waals surface area contributed by atoms with E-state index in [0.717, 1.165) is 5.76 Å². The Kier molecular flexibility index (Phi) is 4.99. The summed E-state index contributed by atoms with van der Waals surface area (Å²) >= 11 is 0. The minimum absolute atomic E-state index is 0.264. The Morgan fingerprint density at radius 2 is 2.00 bits per heavy atom. The molecule has 2 atom stereocenters. The van der Waals surface area contributed by atoms with Gasteiger partial charge in [0.15, 0.2) is 0 Å². The van der Waals surface area contributed by atoms with E-state index in [0.29, 0.717) is 5.76 Å². The second-order valence-electron chi connectivity index (χ2n) is 4.39. The summed E-state index contributed by atoms with van der Waals surface area (Å²) in [6, 6.07) is 2.53. The molecular formula is C12H17F3N2O2. The first-order valence-electron chi connectivity index (χ1n) is 5.86. The molecule has 0 saturated carbocycles. The van der Waals surface area contributed by atoms with Crippen LogP contribution in [-0.2, 0) is 4.79 Å². The molecule has 1 amide bonds. The van der Waals surface area contributed by atoms with Crippen molar-refractivity contribution >= 4 is 5.91 Å². The van der Waals surface area contributed by atoms with Gasteiger partial charge >= 0.3 is 6.18 Å². The summed E-state index contributed by atoms with van der Waals surface area (Å²) in [4.78, 5) is 11.5. The smallest absolute Gasteiger partial charge is 0.405 e. The maximum Gasteiger partial charge on any atom is 0.405 e. The van der Waals surface area contributed by atoms with Crippen LogP contribution in [-0.4, -0.2) is 24.7 Å². The summed E-state index contributed by atoms with van der Waals surface area (Å²) in [5.41, 5.74) is 0. The number of aryl methyl sites for hydroxylation is 1. The van der Waals surface area contributed by atoms with Crippen LogP contribution in [0.4, 0.5) is 13.2 Å². The number of amides is 1. The van der Waals surface area contributed by atoms with Crippen molar-refractivity contribution in [3.05, 3.63) is 23.7 Å². The Balaban J connectivity index is 2.45. The first kappa shape index (κ1) is 15.6. The lowest BCUT2D eigenvalue weighted by Gasteiger charge is -2.18. The highest BCUT2D eigenvalue weighted by molar-refractivity contribution is 5.81. The number of halogens is 3. The van der Waals surface area contributed by atoms with E-state index in [1.54, 1.807) is 26.0 Å². The van der Waals surface area contributed by atoms with Gasteiger partial charge in [0.2, 0.25) is 5.91 Å². The Bertz CT molecular complexity index is 429. The fourth-order valence-corrected chi connectivity index (χ4v) is 1.56. The van der Waals surface area contributed by atoms with Crippen molar-refractivity contribution in [3.8, 4) is 0 Å². The van der Waals surface area contributed by atoms with E-state index in [9.17, 15) is 18.0 Å². The van der Waals surface area contributed by atoms with Crippen molar-refractivity contribution in [2.24, 2.45) is 0 Å². The van der Waals surface area contributed by atoms with Gasteiger partial charge in [0.25, 0.3) is 0 Å². The number of carbonyl (C=O) groups is 1. The molecule has 0 radical (unpaired) electrons. The Labute approximate surface area is 109 Å². The molecule has 1 rings (SSSR count). The Morgan fingerprint density at radius 1 is 1.37 bits per heavy atom.